The summed E-state index contributed by atoms with van der Waals surface area (Å²) in [6.45, 7) is 10.8. The van der Waals surface area contributed by atoms with E-state index in [0.717, 1.165) is 6.42 Å². The van der Waals surface area contributed by atoms with Gasteiger partial charge in [-0.3, -0.25) is 4.99 Å². The molecule has 0 aliphatic carbocycles. The molecule has 0 saturated carbocycles. The summed E-state index contributed by atoms with van der Waals surface area (Å²) in [5, 5.41) is 0. The predicted molar refractivity (Wildman–Crippen MR) is 52.0 cm³/mol. The molecule has 0 fully saturated rings. The van der Waals surface area contributed by atoms with Crippen LogP contribution in [0.5, 0.6) is 0 Å². The van der Waals surface area contributed by atoms with Crippen molar-refractivity contribution in [1.29, 1.82) is 0 Å². The molecule has 0 heterocycles. The van der Waals surface area contributed by atoms with Gasteiger partial charge >= 0.3 is 0 Å². The molecule has 0 spiro atoms. The van der Waals surface area contributed by atoms with Crippen molar-refractivity contribution in [1.82, 2.24) is 0 Å². The molecule has 0 bridgehead atoms. The lowest BCUT2D eigenvalue weighted by atomic mass is 9.88. The SMILES string of the molecule is CCC=N/C=C(/C)C(C)(C)C. The molecule has 64 valence electrons. The zero-order chi connectivity index (χ0) is 8.91. The second kappa shape index (κ2) is 4.32. The number of nitrogens with zero attached hydrogens (tertiary/aromatic N) is 1. The molecular weight excluding hydrogens is 134 g/mol. The molecule has 0 rings (SSSR count). The van der Waals surface area contributed by atoms with Crippen molar-refractivity contribution in [2.75, 3.05) is 0 Å². The smallest absolute Gasteiger partial charge is 0.0258 e. The van der Waals surface area contributed by atoms with Crippen molar-refractivity contribution in [2.24, 2.45) is 10.4 Å². The first-order valence-electron chi connectivity index (χ1n) is 4.17. The summed E-state index contributed by atoms with van der Waals surface area (Å²) < 4.78 is 0. The summed E-state index contributed by atoms with van der Waals surface area (Å²) in [6.07, 6.45) is 4.88. The highest BCUT2D eigenvalue weighted by Crippen LogP contribution is 2.23. The Morgan fingerprint density at radius 3 is 2.27 bits per heavy atom. The minimum atomic E-state index is 0.255. The van der Waals surface area contributed by atoms with Gasteiger partial charge in [0, 0.05) is 12.4 Å². The third-order valence-electron chi connectivity index (χ3n) is 1.74. The Kier molecular flexibility index (Phi) is 4.09. The van der Waals surface area contributed by atoms with Crippen LogP contribution in [0, 0.1) is 5.41 Å². The zero-order valence-electron chi connectivity index (χ0n) is 8.31. The van der Waals surface area contributed by atoms with E-state index in [1.54, 1.807) is 0 Å². The average Bonchev–Trinajstić information content (AvgIpc) is 1.86. The first-order chi connectivity index (χ1) is 4.98. The van der Waals surface area contributed by atoms with Crippen molar-refractivity contribution in [3.05, 3.63) is 11.8 Å². The summed E-state index contributed by atoms with van der Waals surface area (Å²) in [5.41, 5.74) is 1.58. The van der Waals surface area contributed by atoms with Crippen LogP contribution < -0.4 is 0 Å². The van der Waals surface area contributed by atoms with Crippen LogP contribution in [0.4, 0.5) is 0 Å². The standard InChI is InChI=1S/C10H19N/c1-6-7-11-8-9(2)10(3,4)5/h7-8H,6H2,1-5H3/b9-8-,11-7?. The third kappa shape index (κ3) is 4.77. The summed E-state index contributed by atoms with van der Waals surface area (Å²) in [4.78, 5) is 4.17. The Morgan fingerprint density at radius 2 is 1.91 bits per heavy atom. The van der Waals surface area contributed by atoms with Gasteiger partial charge in [-0.05, 0) is 24.3 Å². The normalized spacial score (nSPS) is 14.5. The minimum Gasteiger partial charge on any atom is -0.269 e. The fourth-order valence-corrected chi connectivity index (χ4v) is 0.464. The van der Waals surface area contributed by atoms with E-state index in [9.17, 15) is 0 Å². The van der Waals surface area contributed by atoms with E-state index < -0.39 is 0 Å². The van der Waals surface area contributed by atoms with Crippen LogP contribution in [0.15, 0.2) is 16.8 Å². The topological polar surface area (TPSA) is 12.4 Å². The lowest BCUT2D eigenvalue weighted by molar-refractivity contribution is 0.502. The van der Waals surface area contributed by atoms with Crippen molar-refractivity contribution in [3.63, 3.8) is 0 Å². The molecule has 0 unspecified atom stereocenters. The lowest BCUT2D eigenvalue weighted by Gasteiger charge is -2.18. The van der Waals surface area contributed by atoms with E-state index in [1.807, 2.05) is 12.4 Å². The molecule has 0 aromatic carbocycles. The Hall–Kier alpha value is -0.590. The highest BCUT2D eigenvalue weighted by atomic mass is 14.7. The van der Waals surface area contributed by atoms with Crippen molar-refractivity contribution in [3.8, 4) is 0 Å². The Morgan fingerprint density at radius 1 is 1.36 bits per heavy atom. The highest BCUT2D eigenvalue weighted by Gasteiger charge is 2.11. The molecule has 0 aromatic rings. The van der Waals surface area contributed by atoms with Crippen LogP contribution in [0.1, 0.15) is 41.0 Å². The second-order valence-electron chi connectivity index (χ2n) is 3.80. The van der Waals surface area contributed by atoms with Gasteiger partial charge in [-0.1, -0.05) is 27.7 Å². The van der Waals surface area contributed by atoms with Crippen LogP contribution in [-0.2, 0) is 0 Å². The quantitative estimate of drug-likeness (QED) is 0.539. The second-order valence-corrected chi connectivity index (χ2v) is 3.80. The van der Waals surface area contributed by atoms with Crippen LogP contribution in [-0.4, -0.2) is 6.21 Å². The maximum absolute atomic E-state index is 4.17. The van der Waals surface area contributed by atoms with Gasteiger partial charge in [0.2, 0.25) is 0 Å². The van der Waals surface area contributed by atoms with E-state index in [4.69, 9.17) is 0 Å². The third-order valence-corrected chi connectivity index (χ3v) is 1.74. The number of hydrogen-bond acceptors (Lipinski definition) is 1. The Bertz CT molecular complexity index is 158. The first kappa shape index (κ1) is 10.4. The fraction of sp³-hybridized carbons (Fsp3) is 0.700. The van der Waals surface area contributed by atoms with Crippen LogP contribution in [0.25, 0.3) is 0 Å². The monoisotopic (exact) mass is 153 g/mol. The first-order valence-corrected chi connectivity index (χ1v) is 4.17. The van der Waals surface area contributed by atoms with E-state index in [-0.39, 0.29) is 5.41 Å². The van der Waals surface area contributed by atoms with Gasteiger partial charge in [-0.15, -0.1) is 0 Å². The van der Waals surface area contributed by atoms with Gasteiger partial charge in [0.05, 0.1) is 0 Å². The highest BCUT2D eigenvalue weighted by molar-refractivity contribution is 5.57. The Labute approximate surface area is 70.2 Å². The van der Waals surface area contributed by atoms with E-state index >= 15 is 0 Å². The molecule has 0 amide bonds. The molecule has 0 atom stereocenters. The summed E-state index contributed by atoms with van der Waals surface area (Å²) >= 11 is 0. The molecule has 11 heavy (non-hydrogen) atoms. The zero-order valence-corrected chi connectivity index (χ0v) is 8.31. The van der Waals surface area contributed by atoms with E-state index in [2.05, 4.69) is 39.6 Å². The largest absolute Gasteiger partial charge is 0.269 e. The van der Waals surface area contributed by atoms with Gasteiger partial charge in [0.1, 0.15) is 0 Å². The lowest BCUT2D eigenvalue weighted by Crippen LogP contribution is -2.05. The summed E-state index contributed by atoms with van der Waals surface area (Å²) in [7, 11) is 0. The Balaban J connectivity index is 4.12. The van der Waals surface area contributed by atoms with Gasteiger partial charge in [0.15, 0.2) is 0 Å². The van der Waals surface area contributed by atoms with Crippen molar-refractivity contribution in [2.45, 2.75) is 41.0 Å². The molecule has 1 nitrogen and oxygen atoms in total. The molecule has 0 radical (unpaired) electrons. The van der Waals surface area contributed by atoms with Gasteiger partial charge in [0.25, 0.3) is 0 Å². The molecule has 1 heteroatoms. The molecular formula is C10H19N. The number of allylic oxidation sites excluding steroid dienone is 1. The van der Waals surface area contributed by atoms with E-state index in [1.165, 1.54) is 5.57 Å². The number of rotatable bonds is 2. The van der Waals surface area contributed by atoms with Crippen LogP contribution in [0.3, 0.4) is 0 Å². The number of hydrogen-bond donors (Lipinski definition) is 0. The molecule has 0 N–H and O–H groups in total. The van der Waals surface area contributed by atoms with Crippen LogP contribution in [0.2, 0.25) is 0 Å². The van der Waals surface area contributed by atoms with Gasteiger partial charge < -0.3 is 0 Å². The molecule has 0 saturated heterocycles. The van der Waals surface area contributed by atoms with Crippen LogP contribution >= 0.6 is 0 Å². The molecule has 0 aromatic heterocycles. The predicted octanol–water partition coefficient (Wildman–Crippen LogP) is 3.42. The average molecular weight is 153 g/mol. The maximum atomic E-state index is 4.17. The fourth-order valence-electron chi connectivity index (χ4n) is 0.464. The van der Waals surface area contributed by atoms with Gasteiger partial charge in [-0.2, -0.15) is 0 Å². The van der Waals surface area contributed by atoms with E-state index in [0.29, 0.717) is 0 Å². The van der Waals surface area contributed by atoms with Crippen molar-refractivity contribution < 1.29 is 0 Å². The van der Waals surface area contributed by atoms with Gasteiger partial charge in [-0.25, -0.2) is 0 Å². The van der Waals surface area contributed by atoms with Crippen molar-refractivity contribution >= 4 is 6.21 Å². The summed E-state index contributed by atoms with van der Waals surface area (Å²) in [5.74, 6) is 0. The molecule has 0 aliphatic rings. The molecule has 0 aliphatic heterocycles. The maximum Gasteiger partial charge on any atom is 0.0258 e. The minimum absolute atomic E-state index is 0.255. The summed E-state index contributed by atoms with van der Waals surface area (Å²) in [6, 6.07) is 0. The number of aliphatic imine (C=N–C) groups is 1.